The predicted octanol–water partition coefficient (Wildman–Crippen LogP) is 0.809. The lowest BCUT2D eigenvalue weighted by atomic mass is 10.4. The second-order valence-electron chi connectivity index (χ2n) is 1.48. The van der Waals surface area contributed by atoms with E-state index in [0.29, 0.717) is 8.52 Å². The number of hydrogen-bond acceptors (Lipinski definition) is 2. The molecule has 0 aliphatic rings. The first-order chi connectivity index (χ1) is 3.91. The summed E-state index contributed by atoms with van der Waals surface area (Å²) in [6.07, 6.45) is 1.10. The summed E-state index contributed by atoms with van der Waals surface area (Å²) in [5.41, 5.74) is 0. The molecule has 0 radical (unpaired) electrons. The summed E-state index contributed by atoms with van der Waals surface area (Å²) in [5, 5.41) is 12.6. The van der Waals surface area contributed by atoms with E-state index in [0.717, 1.165) is 19.5 Å². The van der Waals surface area contributed by atoms with Gasteiger partial charge in [-0.2, -0.15) is 0 Å². The Bertz CT molecular complexity index is 57.2. The van der Waals surface area contributed by atoms with Gasteiger partial charge in [0, 0.05) is 6.54 Å². The maximum absolute atomic E-state index is 6.68. The number of nitrogens with one attached hydrogen (secondary N) is 3. The summed E-state index contributed by atoms with van der Waals surface area (Å²) in [6, 6.07) is 0. The van der Waals surface area contributed by atoms with Gasteiger partial charge >= 0.3 is 0 Å². The third-order valence-electron chi connectivity index (χ3n) is 0.794. The molecule has 0 aromatic carbocycles. The SMILES string of the molecule is CNCCCNP=N. The molecule has 0 aliphatic carbocycles. The molecule has 0 saturated carbocycles. The number of hydrogen-bond donors (Lipinski definition) is 3. The van der Waals surface area contributed by atoms with Gasteiger partial charge in [-0.3, -0.25) is 10.2 Å². The Balaban J connectivity index is 2.62. The molecule has 0 aliphatic heterocycles. The Labute approximate surface area is 51.6 Å². The lowest BCUT2D eigenvalue weighted by Crippen LogP contribution is -2.12. The second-order valence-corrected chi connectivity index (χ2v) is 2.02. The first-order valence-electron chi connectivity index (χ1n) is 2.65. The predicted molar refractivity (Wildman–Crippen MR) is 36.2 cm³/mol. The third kappa shape index (κ3) is 6.02. The lowest BCUT2D eigenvalue weighted by Gasteiger charge is -1.94. The van der Waals surface area contributed by atoms with E-state index in [1.54, 1.807) is 0 Å². The van der Waals surface area contributed by atoms with Crippen LogP contribution in [0.4, 0.5) is 0 Å². The maximum atomic E-state index is 6.68. The van der Waals surface area contributed by atoms with E-state index in [4.69, 9.17) is 5.16 Å². The van der Waals surface area contributed by atoms with Gasteiger partial charge in [0.1, 0.15) is 0 Å². The Morgan fingerprint density at radius 1 is 1.50 bits per heavy atom. The van der Waals surface area contributed by atoms with Crippen LogP contribution in [0.1, 0.15) is 6.42 Å². The molecular weight excluding hydrogens is 121 g/mol. The minimum Gasteiger partial charge on any atom is -0.320 e. The highest BCUT2D eigenvalue weighted by atomic mass is 31.1. The maximum Gasteiger partial charge on any atom is 0.0872 e. The van der Waals surface area contributed by atoms with Crippen molar-refractivity contribution in [3.63, 3.8) is 0 Å². The number of rotatable bonds is 5. The van der Waals surface area contributed by atoms with Crippen LogP contribution in [0.25, 0.3) is 0 Å². The summed E-state index contributed by atoms with van der Waals surface area (Å²) in [6.45, 7) is 1.97. The van der Waals surface area contributed by atoms with Crippen LogP contribution >= 0.6 is 8.52 Å². The Kier molecular flexibility index (Phi) is 7.04. The van der Waals surface area contributed by atoms with Crippen LogP contribution in [0, 0.1) is 5.16 Å². The van der Waals surface area contributed by atoms with Crippen molar-refractivity contribution in [1.82, 2.24) is 10.4 Å². The molecule has 0 saturated heterocycles. The second kappa shape index (κ2) is 7.02. The molecule has 4 heteroatoms. The molecule has 0 rings (SSSR count). The molecule has 0 aromatic heterocycles. The minimum atomic E-state index is 0.533. The first kappa shape index (κ1) is 8.02. The molecule has 0 bridgehead atoms. The van der Waals surface area contributed by atoms with E-state index in [-0.39, 0.29) is 0 Å². The molecule has 0 atom stereocenters. The smallest absolute Gasteiger partial charge is 0.0872 e. The molecule has 3 nitrogen and oxygen atoms in total. The largest absolute Gasteiger partial charge is 0.320 e. The van der Waals surface area contributed by atoms with Crippen molar-refractivity contribution in [3.05, 3.63) is 0 Å². The minimum absolute atomic E-state index is 0.533. The summed E-state index contributed by atoms with van der Waals surface area (Å²) in [5.74, 6) is 0. The summed E-state index contributed by atoms with van der Waals surface area (Å²) in [4.78, 5) is 0. The van der Waals surface area contributed by atoms with E-state index < -0.39 is 0 Å². The van der Waals surface area contributed by atoms with Crippen LogP contribution in [0.3, 0.4) is 0 Å². The fourth-order valence-electron chi connectivity index (χ4n) is 0.400. The van der Waals surface area contributed by atoms with Crippen molar-refractivity contribution >= 4 is 8.52 Å². The van der Waals surface area contributed by atoms with E-state index in [9.17, 15) is 0 Å². The van der Waals surface area contributed by atoms with Gasteiger partial charge < -0.3 is 5.32 Å². The van der Waals surface area contributed by atoms with Crippen molar-refractivity contribution in [2.45, 2.75) is 6.42 Å². The van der Waals surface area contributed by atoms with E-state index in [1.165, 1.54) is 0 Å². The van der Waals surface area contributed by atoms with Gasteiger partial charge in [0.25, 0.3) is 0 Å². The monoisotopic (exact) mass is 133 g/mol. The van der Waals surface area contributed by atoms with Crippen LogP contribution < -0.4 is 10.4 Å². The highest BCUT2D eigenvalue weighted by Gasteiger charge is 1.79. The summed E-state index contributed by atoms with van der Waals surface area (Å²) < 4.78 is 0. The third-order valence-corrected chi connectivity index (χ3v) is 1.18. The normalized spacial score (nSPS) is 10.1. The zero-order valence-corrected chi connectivity index (χ0v) is 5.96. The topological polar surface area (TPSA) is 47.9 Å². The van der Waals surface area contributed by atoms with E-state index in [2.05, 4.69) is 10.4 Å². The van der Waals surface area contributed by atoms with Crippen LogP contribution in [-0.2, 0) is 0 Å². The van der Waals surface area contributed by atoms with Gasteiger partial charge in [0.05, 0.1) is 8.52 Å². The zero-order valence-electron chi connectivity index (χ0n) is 5.07. The van der Waals surface area contributed by atoms with Gasteiger partial charge in [0.15, 0.2) is 0 Å². The van der Waals surface area contributed by atoms with Crippen molar-refractivity contribution < 1.29 is 0 Å². The molecule has 0 unspecified atom stereocenters. The van der Waals surface area contributed by atoms with Gasteiger partial charge in [0.2, 0.25) is 0 Å². The highest BCUT2D eigenvalue weighted by molar-refractivity contribution is 7.22. The first-order valence-corrected chi connectivity index (χ1v) is 3.55. The van der Waals surface area contributed by atoms with Gasteiger partial charge in [-0.25, -0.2) is 0 Å². The van der Waals surface area contributed by atoms with Crippen LogP contribution in [0.5, 0.6) is 0 Å². The van der Waals surface area contributed by atoms with E-state index in [1.807, 2.05) is 7.05 Å². The zero-order chi connectivity index (χ0) is 6.24. The van der Waals surface area contributed by atoms with Crippen molar-refractivity contribution in [3.8, 4) is 0 Å². The molecule has 0 aromatic rings. The standard InChI is InChI=1S/C4H12N3P/c1-6-3-2-4-7-8-5/h6H,2-4H2,1H3,(H2,5,7). The van der Waals surface area contributed by atoms with Crippen LogP contribution in [0.15, 0.2) is 0 Å². The Hall–Kier alpha value is 0.0200. The molecular formula is C4H12N3P. The lowest BCUT2D eigenvalue weighted by molar-refractivity contribution is 0.715. The molecule has 8 heavy (non-hydrogen) atoms. The molecule has 0 amide bonds. The molecule has 0 fully saturated rings. The van der Waals surface area contributed by atoms with Gasteiger partial charge in [-0.05, 0) is 20.0 Å². The summed E-state index contributed by atoms with van der Waals surface area (Å²) in [7, 11) is 2.46. The fourth-order valence-corrected chi connectivity index (χ4v) is 0.670. The Morgan fingerprint density at radius 3 is 2.75 bits per heavy atom. The van der Waals surface area contributed by atoms with Crippen LogP contribution in [-0.4, -0.2) is 20.1 Å². The fraction of sp³-hybridized carbons (Fsp3) is 1.00. The average Bonchev–Trinajstić information content (AvgIpc) is 1.81. The van der Waals surface area contributed by atoms with Gasteiger partial charge in [-0.15, -0.1) is 0 Å². The van der Waals surface area contributed by atoms with Crippen LogP contribution in [0.2, 0.25) is 0 Å². The quantitative estimate of drug-likeness (QED) is 0.384. The molecule has 0 spiro atoms. The Morgan fingerprint density at radius 2 is 2.25 bits per heavy atom. The van der Waals surface area contributed by atoms with Crippen molar-refractivity contribution in [2.24, 2.45) is 0 Å². The molecule has 0 heterocycles. The molecule has 3 N–H and O–H groups in total. The van der Waals surface area contributed by atoms with Crippen molar-refractivity contribution in [1.29, 1.82) is 5.16 Å². The average molecular weight is 133 g/mol. The van der Waals surface area contributed by atoms with Crippen molar-refractivity contribution in [2.75, 3.05) is 20.1 Å². The highest BCUT2D eigenvalue weighted by Crippen LogP contribution is 1.81. The summed E-state index contributed by atoms with van der Waals surface area (Å²) >= 11 is 0. The molecule has 48 valence electrons. The van der Waals surface area contributed by atoms with E-state index >= 15 is 0 Å². The van der Waals surface area contributed by atoms with Gasteiger partial charge in [-0.1, -0.05) is 0 Å².